The zero-order valence-electron chi connectivity index (χ0n) is 12.6. The van der Waals surface area contributed by atoms with Crippen molar-refractivity contribution in [2.45, 2.75) is 12.8 Å². The molecule has 0 saturated heterocycles. The molecule has 4 heteroatoms. The fourth-order valence-electron chi connectivity index (χ4n) is 2.75. The van der Waals surface area contributed by atoms with Crippen LogP contribution in [-0.4, -0.2) is 17.2 Å². The van der Waals surface area contributed by atoms with E-state index in [1.807, 2.05) is 29.8 Å². The molecule has 1 aliphatic heterocycles. The molecule has 0 fully saturated rings. The van der Waals surface area contributed by atoms with Crippen molar-refractivity contribution in [3.63, 3.8) is 0 Å². The quantitative estimate of drug-likeness (QED) is 0.616. The summed E-state index contributed by atoms with van der Waals surface area (Å²) in [7, 11) is 0. The Labute approximate surface area is 143 Å². The maximum Gasteiger partial charge on any atom is 0.0694 e. The molecule has 0 unspecified atom stereocenters. The van der Waals surface area contributed by atoms with Crippen LogP contribution in [0, 0.1) is 0 Å². The predicted molar refractivity (Wildman–Crippen MR) is 100 cm³/mol. The van der Waals surface area contributed by atoms with Crippen molar-refractivity contribution in [1.29, 1.82) is 0 Å². The summed E-state index contributed by atoms with van der Waals surface area (Å²) in [5, 5.41) is 2.13. The lowest BCUT2D eigenvalue weighted by atomic mass is 9.96. The molecule has 0 aromatic carbocycles. The second kappa shape index (κ2) is 6.60. The van der Waals surface area contributed by atoms with Crippen LogP contribution >= 0.6 is 22.7 Å². The number of pyridine rings is 1. The first-order chi connectivity index (χ1) is 11.4. The van der Waals surface area contributed by atoms with Crippen LogP contribution < -0.4 is 0 Å². The molecule has 0 bridgehead atoms. The molecule has 114 valence electrons. The summed E-state index contributed by atoms with van der Waals surface area (Å²) in [5.74, 6) is 0. The molecular formula is C19H16N2S2. The molecule has 0 radical (unpaired) electrons. The van der Waals surface area contributed by atoms with E-state index in [4.69, 9.17) is 4.99 Å². The second-order valence-corrected chi connectivity index (χ2v) is 7.49. The highest BCUT2D eigenvalue weighted by molar-refractivity contribution is 7.21. The fourth-order valence-corrected chi connectivity index (χ4v) is 4.56. The summed E-state index contributed by atoms with van der Waals surface area (Å²) >= 11 is 3.64. The zero-order valence-corrected chi connectivity index (χ0v) is 14.2. The number of hydrogen-bond donors (Lipinski definition) is 0. The van der Waals surface area contributed by atoms with E-state index in [9.17, 15) is 0 Å². The van der Waals surface area contributed by atoms with E-state index in [0.29, 0.717) is 0 Å². The van der Waals surface area contributed by atoms with Gasteiger partial charge in [-0.25, -0.2) is 0 Å². The monoisotopic (exact) mass is 336 g/mol. The number of hydrogen-bond acceptors (Lipinski definition) is 4. The number of aromatic nitrogens is 1. The molecule has 0 saturated carbocycles. The third-order valence-corrected chi connectivity index (χ3v) is 5.92. The number of thiophene rings is 2. The minimum Gasteiger partial charge on any atom is -0.284 e. The Morgan fingerprint density at radius 2 is 2.04 bits per heavy atom. The Kier molecular flexibility index (Phi) is 4.18. The van der Waals surface area contributed by atoms with Crippen LogP contribution in [0.2, 0.25) is 0 Å². The number of rotatable bonds is 3. The highest BCUT2D eigenvalue weighted by Crippen LogP contribution is 2.33. The molecule has 23 heavy (non-hydrogen) atoms. The van der Waals surface area contributed by atoms with Gasteiger partial charge in [-0.15, -0.1) is 22.7 Å². The van der Waals surface area contributed by atoms with Crippen LogP contribution in [0.3, 0.4) is 0 Å². The molecule has 0 atom stereocenters. The molecule has 0 N–H and O–H groups in total. The smallest absolute Gasteiger partial charge is 0.0694 e. The average molecular weight is 336 g/mol. The summed E-state index contributed by atoms with van der Waals surface area (Å²) in [6, 6.07) is 12.8. The van der Waals surface area contributed by atoms with Crippen molar-refractivity contribution in [2.24, 2.45) is 4.99 Å². The van der Waals surface area contributed by atoms with Gasteiger partial charge in [-0.1, -0.05) is 6.07 Å². The first kappa shape index (κ1) is 14.5. The van der Waals surface area contributed by atoms with Crippen LogP contribution in [0.1, 0.15) is 23.3 Å². The van der Waals surface area contributed by atoms with E-state index in [2.05, 4.69) is 46.8 Å². The van der Waals surface area contributed by atoms with Gasteiger partial charge < -0.3 is 0 Å². The highest BCUT2D eigenvalue weighted by atomic mass is 32.1. The van der Waals surface area contributed by atoms with Gasteiger partial charge in [0.25, 0.3) is 0 Å². The van der Waals surface area contributed by atoms with E-state index >= 15 is 0 Å². The van der Waals surface area contributed by atoms with Crippen molar-refractivity contribution in [3.05, 3.63) is 70.2 Å². The molecule has 4 heterocycles. The molecule has 0 spiro atoms. The topological polar surface area (TPSA) is 25.2 Å². The van der Waals surface area contributed by atoms with Crippen LogP contribution in [0.15, 0.2) is 64.7 Å². The first-order valence-electron chi connectivity index (χ1n) is 7.70. The summed E-state index contributed by atoms with van der Waals surface area (Å²) < 4.78 is 0. The molecule has 4 rings (SSSR count). The minimum atomic E-state index is 0.909. The van der Waals surface area contributed by atoms with Gasteiger partial charge in [-0.2, -0.15) is 0 Å². The molecule has 3 aromatic heterocycles. The summed E-state index contributed by atoms with van der Waals surface area (Å²) in [6.45, 7) is 0.909. The van der Waals surface area contributed by atoms with E-state index in [0.717, 1.165) is 30.7 Å². The third-order valence-electron chi connectivity index (χ3n) is 3.82. The SMILES string of the molecule is C(=C1/CCCN=C1c1cccnc1)/c1ccc(-c2cccs2)s1. The van der Waals surface area contributed by atoms with E-state index < -0.39 is 0 Å². The van der Waals surface area contributed by atoms with Gasteiger partial charge in [-0.05, 0) is 60.2 Å². The van der Waals surface area contributed by atoms with E-state index in [1.54, 1.807) is 11.3 Å². The predicted octanol–water partition coefficient (Wildman–Crippen LogP) is 5.54. The second-order valence-electron chi connectivity index (χ2n) is 5.42. The Morgan fingerprint density at radius 1 is 1.04 bits per heavy atom. The van der Waals surface area contributed by atoms with E-state index in [1.165, 1.54) is 20.2 Å². The lowest BCUT2D eigenvalue weighted by Gasteiger charge is -2.15. The average Bonchev–Trinajstić information content (AvgIpc) is 3.27. The van der Waals surface area contributed by atoms with Crippen LogP contribution in [0.25, 0.3) is 15.8 Å². The molecule has 3 aromatic rings. The van der Waals surface area contributed by atoms with Crippen molar-refractivity contribution in [1.82, 2.24) is 4.98 Å². The molecular weight excluding hydrogens is 320 g/mol. The Hall–Kier alpha value is -2.04. The standard InChI is InChI=1S/C19H16N2S2/c1-5-15(13-20-9-1)19-14(4-2-10-21-19)12-16-7-8-18(23-16)17-6-3-11-22-17/h1,3,5-9,11-13H,2,4,10H2/b14-12+. The minimum absolute atomic E-state index is 0.909. The summed E-state index contributed by atoms with van der Waals surface area (Å²) in [6.07, 6.45) is 8.22. The Morgan fingerprint density at radius 3 is 2.87 bits per heavy atom. The van der Waals surface area contributed by atoms with Gasteiger partial charge in [0.15, 0.2) is 0 Å². The highest BCUT2D eigenvalue weighted by Gasteiger charge is 2.14. The fraction of sp³-hybridized carbons (Fsp3) is 0.158. The van der Waals surface area contributed by atoms with Crippen LogP contribution in [-0.2, 0) is 0 Å². The van der Waals surface area contributed by atoms with Gasteiger partial charge in [-0.3, -0.25) is 9.98 Å². The number of nitrogens with zero attached hydrogens (tertiary/aromatic N) is 2. The largest absolute Gasteiger partial charge is 0.284 e. The molecule has 0 aliphatic carbocycles. The molecule has 1 aliphatic rings. The Bertz CT molecular complexity index is 843. The zero-order chi connectivity index (χ0) is 15.5. The van der Waals surface area contributed by atoms with Gasteiger partial charge in [0.2, 0.25) is 0 Å². The summed E-state index contributed by atoms with van der Waals surface area (Å²) in [5.41, 5.74) is 3.55. The summed E-state index contributed by atoms with van der Waals surface area (Å²) in [4.78, 5) is 13.0. The van der Waals surface area contributed by atoms with Crippen molar-refractivity contribution in [2.75, 3.05) is 6.54 Å². The first-order valence-corrected chi connectivity index (χ1v) is 9.39. The van der Waals surface area contributed by atoms with Gasteiger partial charge in [0.05, 0.1) is 5.71 Å². The normalized spacial score (nSPS) is 16.5. The van der Waals surface area contributed by atoms with Gasteiger partial charge in [0.1, 0.15) is 0 Å². The molecule has 2 nitrogen and oxygen atoms in total. The van der Waals surface area contributed by atoms with Crippen molar-refractivity contribution >= 4 is 34.5 Å². The number of aliphatic imine (C=N–C) groups is 1. The Balaban J connectivity index is 1.67. The maximum atomic E-state index is 4.75. The van der Waals surface area contributed by atoms with Crippen LogP contribution in [0.5, 0.6) is 0 Å². The van der Waals surface area contributed by atoms with Gasteiger partial charge in [0, 0.05) is 39.1 Å². The maximum absolute atomic E-state index is 4.75. The molecule has 0 amide bonds. The van der Waals surface area contributed by atoms with E-state index in [-0.39, 0.29) is 0 Å². The van der Waals surface area contributed by atoms with Gasteiger partial charge >= 0.3 is 0 Å². The van der Waals surface area contributed by atoms with Crippen molar-refractivity contribution in [3.8, 4) is 9.75 Å². The van der Waals surface area contributed by atoms with Crippen molar-refractivity contribution < 1.29 is 0 Å². The number of allylic oxidation sites excluding steroid dienone is 1. The lowest BCUT2D eigenvalue weighted by molar-refractivity contribution is 0.818. The lowest BCUT2D eigenvalue weighted by Crippen LogP contribution is -2.11. The third kappa shape index (κ3) is 3.19. The van der Waals surface area contributed by atoms with Crippen LogP contribution in [0.4, 0.5) is 0 Å².